The number of benzene rings is 2. The Bertz CT molecular complexity index is 2040. The Morgan fingerprint density at radius 1 is 1.09 bits per heavy atom. The van der Waals surface area contributed by atoms with Crippen molar-refractivity contribution in [3.8, 4) is 5.75 Å². The maximum absolute atomic E-state index is 13.9. The van der Waals surface area contributed by atoms with E-state index in [9.17, 15) is 31.5 Å². The average molecular weight is 818 g/mol. The monoisotopic (exact) mass is 817 g/mol. The number of aryl methyl sites for hydroxylation is 1. The Hall–Kier alpha value is -3.21. The number of allylic oxidation sites excluding steroid dienone is 1. The first-order valence-corrected chi connectivity index (χ1v) is 22.7. The number of sulfonamides is 1. The van der Waals surface area contributed by atoms with E-state index >= 15 is 0 Å². The van der Waals surface area contributed by atoms with Crippen molar-refractivity contribution in [2.75, 3.05) is 64.9 Å². The molecule has 5 aliphatic rings. The number of piperazine rings is 1. The molecule has 0 radical (unpaired) electrons. The third-order valence-corrected chi connectivity index (χ3v) is 16.4. The van der Waals surface area contributed by atoms with Crippen molar-refractivity contribution in [2.24, 2.45) is 11.8 Å². The molecule has 2 aliphatic carbocycles. The van der Waals surface area contributed by atoms with E-state index in [-0.39, 0.29) is 74.2 Å². The smallest absolute Gasteiger partial charge is 0.281 e. The standard InChI is InChI=1S/C39H52ClN5O8S2/c1-42(2)55(51,52)45-20-18-43(19-21-45)37(47)16-12-31-7-3-4-8-35(46)32-13-9-29(32)24-44-25-39(17-5-6-27-22-30(40)11-14-33(27)39)26-53-36-15-10-28(23-34(36)44)38(48)41-54(31,49)50/h4,8,10-11,14-15,22-23,29,31-32,35,46H,3,5-7,9,12-13,16-21,24-26H2,1-2H3,(H,41,48)/b8-4-/t29-,31+,32+,35-,39-/m0/s1. The van der Waals surface area contributed by atoms with Crippen LogP contribution in [-0.4, -0.2) is 119 Å². The van der Waals surface area contributed by atoms with Crippen LogP contribution in [0.5, 0.6) is 5.75 Å². The van der Waals surface area contributed by atoms with E-state index in [0.29, 0.717) is 42.6 Å². The number of carbonyl (C=O) groups is 2. The number of hydrogen-bond acceptors (Lipinski definition) is 9. The number of aliphatic hydroxyl groups excluding tert-OH is 1. The molecule has 300 valence electrons. The largest absolute Gasteiger partial charge is 0.490 e. The molecule has 5 atom stereocenters. The van der Waals surface area contributed by atoms with Gasteiger partial charge in [0.2, 0.25) is 15.9 Å². The Morgan fingerprint density at radius 3 is 2.60 bits per heavy atom. The zero-order valence-corrected chi connectivity index (χ0v) is 33.9. The van der Waals surface area contributed by atoms with Crippen LogP contribution in [0, 0.1) is 11.8 Å². The first kappa shape index (κ1) is 40.0. The maximum Gasteiger partial charge on any atom is 0.281 e. The van der Waals surface area contributed by atoms with Crippen LogP contribution in [0.4, 0.5) is 5.69 Å². The van der Waals surface area contributed by atoms with Gasteiger partial charge in [-0.1, -0.05) is 29.8 Å². The summed E-state index contributed by atoms with van der Waals surface area (Å²) < 4.78 is 64.2. The molecule has 16 heteroatoms. The lowest BCUT2D eigenvalue weighted by atomic mass is 9.68. The van der Waals surface area contributed by atoms with Crippen LogP contribution in [0.25, 0.3) is 0 Å². The molecule has 1 spiro atoms. The molecule has 1 saturated heterocycles. The van der Waals surface area contributed by atoms with Gasteiger partial charge in [0.1, 0.15) is 5.75 Å². The van der Waals surface area contributed by atoms with E-state index in [1.54, 1.807) is 29.2 Å². The Balaban J connectivity index is 1.13. The fourth-order valence-electron chi connectivity index (χ4n) is 9.04. The van der Waals surface area contributed by atoms with E-state index in [2.05, 4.69) is 15.7 Å². The van der Waals surface area contributed by atoms with Gasteiger partial charge < -0.3 is 19.6 Å². The second kappa shape index (κ2) is 16.0. The van der Waals surface area contributed by atoms with Gasteiger partial charge >= 0.3 is 0 Å². The molecular weight excluding hydrogens is 766 g/mol. The van der Waals surface area contributed by atoms with E-state index in [4.69, 9.17) is 16.3 Å². The Kier molecular flexibility index (Phi) is 11.6. The highest BCUT2D eigenvalue weighted by molar-refractivity contribution is 7.90. The molecule has 2 fully saturated rings. The van der Waals surface area contributed by atoms with Crippen LogP contribution in [-0.2, 0) is 36.9 Å². The average Bonchev–Trinajstić information content (AvgIpc) is 3.28. The Labute approximate surface area is 329 Å². The summed E-state index contributed by atoms with van der Waals surface area (Å²) in [5, 5.41) is 11.0. The molecule has 2 aromatic rings. The van der Waals surface area contributed by atoms with Crippen molar-refractivity contribution in [3.05, 3.63) is 70.3 Å². The minimum absolute atomic E-state index is 0.0284. The summed E-state index contributed by atoms with van der Waals surface area (Å²) in [4.78, 5) is 30.9. The fraction of sp³-hybridized carbons (Fsp3) is 0.590. The number of amides is 2. The molecule has 2 aromatic carbocycles. The number of halogens is 1. The van der Waals surface area contributed by atoms with Gasteiger partial charge in [0.15, 0.2) is 0 Å². The summed E-state index contributed by atoms with van der Waals surface area (Å²) >= 11 is 6.42. The summed E-state index contributed by atoms with van der Waals surface area (Å²) in [7, 11) is -4.94. The van der Waals surface area contributed by atoms with Crippen molar-refractivity contribution in [2.45, 2.75) is 74.6 Å². The number of nitrogens with zero attached hydrogens (tertiary/aromatic N) is 4. The second-order valence-electron chi connectivity index (χ2n) is 16.0. The number of carbonyl (C=O) groups excluding carboxylic acids is 2. The molecular formula is C39H52ClN5O8S2. The molecule has 2 bridgehead atoms. The SMILES string of the molecule is CN(C)S(=O)(=O)N1CCN(C(=O)CC[C@H]2CC/C=C\[C@H](O)[C@@H]3CC[C@H]3CN3C[C@@]4(CCCc5cc(Cl)ccc54)COc4ccc(cc43)C(=O)NS2(=O)=O)CC1. The van der Waals surface area contributed by atoms with Gasteiger partial charge in [-0.3, -0.25) is 9.59 Å². The van der Waals surface area contributed by atoms with Crippen LogP contribution >= 0.6 is 11.6 Å². The lowest BCUT2D eigenvalue weighted by molar-refractivity contribution is -0.132. The molecule has 7 rings (SSSR count). The fourth-order valence-corrected chi connectivity index (χ4v) is 11.7. The number of ether oxygens (including phenoxy) is 1. The normalized spacial score (nSPS) is 29.3. The van der Waals surface area contributed by atoms with Gasteiger partial charge in [0.25, 0.3) is 16.1 Å². The van der Waals surface area contributed by atoms with Crippen molar-refractivity contribution < 1.29 is 36.3 Å². The van der Waals surface area contributed by atoms with Gasteiger partial charge in [-0.2, -0.15) is 17.0 Å². The van der Waals surface area contributed by atoms with Crippen molar-refractivity contribution in [1.82, 2.24) is 18.2 Å². The van der Waals surface area contributed by atoms with Crippen LogP contribution < -0.4 is 14.4 Å². The predicted octanol–water partition coefficient (Wildman–Crippen LogP) is 3.71. The van der Waals surface area contributed by atoms with Crippen LogP contribution in [0.1, 0.15) is 72.9 Å². The van der Waals surface area contributed by atoms with Gasteiger partial charge in [0.05, 0.1) is 23.6 Å². The summed E-state index contributed by atoms with van der Waals surface area (Å²) in [5.74, 6) is -0.183. The highest BCUT2D eigenvalue weighted by atomic mass is 35.5. The summed E-state index contributed by atoms with van der Waals surface area (Å²) in [5.41, 5.74) is 2.99. The first-order chi connectivity index (χ1) is 26.2. The number of fused-ring (bicyclic) bond motifs is 4. The lowest BCUT2D eigenvalue weighted by Gasteiger charge is -2.45. The molecule has 2 amide bonds. The van der Waals surface area contributed by atoms with E-state index in [1.807, 2.05) is 18.2 Å². The molecule has 3 heterocycles. The quantitative estimate of drug-likeness (QED) is 0.430. The minimum atomic E-state index is -4.25. The van der Waals surface area contributed by atoms with Crippen molar-refractivity contribution >= 4 is 49.3 Å². The number of rotatable bonds is 5. The molecule has 13 nitrogen and oxygen atoms in total. The summed E-state index contributed by atoms with van der Waals surface area (Å²) in [6, 6.07) is 11.1. The molecule has 1 saturated carbocycles. The highest BCUT2D eigenvalue weighted by Gasteiger charge is 2.44. The van der Waals surface area contributed by atoms with E-state index < -0.39 is 37.5 Å². The van der Waals surface area contributed by atoms with Crippen molar-refractivity contribution in [3.63, 3.8) is 0 Å². The topological polar surface area (TPSA) is 157 Å². The minimum Gasteiger partial charge on any atom is -0.490 e. The third-order valence-electron chi connectivity index (χ3n) is 12.4. The van der Waals surface area contributed by atoms with Crippen molar-refractivity contribution in [1.29, 1.82) is 0 Å². The predicted molar refractivity (Wildman–Crippen MR) is 211 cm³/mol. The van der Waals surface area contributed by atoms with Gasteiger partial charge in [-0.05, 0) is 105 Å². The third kappa shape index (κ3) is 8.29. The molecule has 3 aliphatic heterocycles. The number of hydrogen-bond donors (Lipinski definition) is 2. The Morgan fingerprint density at radius 2 is 1.87 bits per heavy atom. The van der Waals surface area contributed by atoms with Gasteiger partial charge in [0, 0.05) is 75.8 Å². The van der Waals surface area contributed by atoms with E-state index in [1.165, 1.54) is 29.5 Å². The first-order valence-electron chi connectivity index (χ1n) is 19.3. The van der Waals surface area contributed by atoms with E-state index in [0.717, 1.165) is 36.4 Å². The molecule has 2 N–H and O–H groups in total. The summed E-state index contributed by atoms with van der Waals surface area (Å²) in [6.45, 7) is 2.40. The zero-order chi connectivity index (χ0) is 39.1. The van der Waals surface area contributed by atoms with Crippen LogP contribution in [0.15, 0.2) is 48.6 Å². The molecule has 0 aromatic heterocycles. The van der Waals surface area contributed by atoms with Crippen LogP contribution in [0.3, 0.4) is 0 Å². The zero-order valence-electron chi connectivity index (χ0n) is 31.5. The maximum atomic E-state index is 13.9. The summed E-state index contributed by atoms with van der Waals surface area (Å²) in [6.07, 6.45) is 7.88. The highest BCUT2D eigenvalue weighted by Crippen LogP contribution is 2.47. The number of aliphatic hydroxyl groups is 1. The number of anilines is 1. The lowest BCUT2D eigenvalue weighted by Crippen LogP contribution is -2.53. The van der Waals surface area contributed by atoms with Gasteiger partial charge in [-0.15, -0.1) is 0 Å². The molecule has 0 unspecified atom stereocenters. The number of nitrogens with one attached hydrogen (secondary N) is 1. The van der Waals surface area contributed by atoms with Crippen LogP contribution in [0.2, 0.25) is 5.02 Å². The second-order valence-corrected chi connectivity index (χ2v) is 20.5. The van der Waals surface area contributed by atoms with Gasteiger partial charge in [-0.25, -0.2) is 13.1 Å². The molecule has 55 heavy (non-hydrogen) atoms.